The standard InChI is InChI=1S/C19H22N2/c1-15(2)19(17-8-6-5-7-9-17)20-14-16-10-12-18(13-11-16)21(3)4/h5-14H,1-4H3. The van der Waals surface area contributed by atoms with Gasteiger partial charge in [0.15, 0.2) is 0 Å². The first kappa shape index (κ1) is 15.0. The first-order valence-electron chi connectivity index (χ1n) is 7.12. The van der Waals surface area contributed by atoms with Crippen LogP contribution in [0.25, 0.3) is 5.70 Å². The Morgan fingerprint density at radius 1 is 0.905 bits per heavy atom. The molecule has 108 valence electrons. The Morgan fingerprint density at radius 3 is 2.05 bits per heavy atom. The van der Waals surface area contributed by atoms with Gasteiger partial charge in [-0.1, -0.05) is 48.0 Å². The van der Waals surface area contributed by atoms with Gasteiger partial charge in [-0.15, -0.1) is 0 Å². The van der Waals surface area contributed by atoms with Gasteiger partial charge in [0.2, 0.25) is 0 Å². The van der Waals surface area contributed by atoms with E-state index in [1.165, 1.54) is 11.3 Å². The molecule has 0 saturated heterocycles. The number of benzene rings is 2. The lowest BCUT2D eigenvalue weighted by Crippen LogP contribution is -2.08. The van der Waals surface area contributed by atoms with E-state index in [0.29, 0.717) is 0 Å². The van der Waals surface area contributed by atoms with E-state index in [1.807, 2.05) is 38.5 Å². The molecule has 0 saturated carbocycles. The van der Waals surface area contributed by atoms with Gasteiger partial charge in [-0.2, -0.15) is 0 Å². The second-order valence-electron chi connectivity index (χ2n) is 5.46. The van der Waals surface area contributed by atoms with Crippen LogP contribution in [0.5, 0.6) is 0 Å². The van der Waals surface area contributed by atoms with Crippen molar-refractivity contribution >= 4 is 17.6 Å². The third-order valence-electron chi connectivity index (χ3n) is 3.27. The number of hydrogen-bond donors (Lipinski definition) is 0. The van der Waals surface area contributed by atoms with Gasteiger partial charge in [0.05, 0.1) is 5.70 Å². The Labute approximate surface area is 127 Å². The largest absolute Gasteiger partial charge is 0.378 e. The minimum atomic E-state index is 1.03. The average Bonchev–Trinajstić information content (AvgIpc) is 2.48. The molecule has 0 bridgehead atoms. The van der Waals surface area contributed by atoms with E-state index >= 15 is 0 Å². The lowest BCUT2D eigenvalue weighted by atomic mass is 10.1. The number of allylic oxidation sites excluding steroid dienone is 1. The summed E-state index contributed by atoms with van der Waals surface area (Å²) in [6.45, 7) is 4.18. The predicted molar refractivity (Wildman–Crippen MR) is 93.1 cm³/mol. The highest BCUT2D eigenvalue weighted by atomic mass is 15.1. The van der Waals surface area contributed by atoms with Crippen LogP contribution >= 0.6 is 0 Å². The van der Waals surface area contributed by atoms with Gasteiger partial charge in [0.25, 0.3) is 0 Å². The van der Waals surface area contributed by atoms with Crippen LogP contribution in [-0.4, -0.2) is 20.3 Å². The zero-order valence-corrected chi connectivity index (χ0v) is 13.2. The second kappa shape index (κ2) is 6.89. The molecule has 0 radical (unpaired) electrons. The normalized spacial score (nSPS) is 10.7. The molecular formula is C19H22N2. The molecule has 0 N–H and O–H groups in total. The summed E-state index contributed by atoms with van der Waals surface area (Å²) in [6, 6.07) is 18.7. The Balaban J connectivity index is 2.24. The minimum absolute atomic E-state index is 1.03. The molecule has 21 heavy (non-hydrogen) atoms. The van der Waals surface area contributed by atoms with Gasteiger partial charge in [-0.3, -0.25) is 4.99 Å². The second-order valence-corrected chi connectivity index (χ2v) is 5.46. The van der Waals surface area contributed by atoms with Gasteiger partial charge in [0.1, 0.15) is 0 Å². The lowest BCUT2D eigenvalue weighted by molar-refractivity contribution is 1.13. The predicted octanol–water partition coefficient (Wildman–Crippen LogP) is 4.62. The molecule has 0 heterocycles. The van der Waals surface area contributed by atoms with Crippen molar-refractivity contribution < 1.29 is 0 Å². The highest BCUT2D eigenvalue weighted by molar-refractivity contribution is 5.86. The van der Waals surface area contributed by atoms with Gasteiger partial charge in [-0.25, -0.2) is 0 Å². The van der Waals surface area contributed by atoms with Crippen molar-refractivity contribution in [2.24, 2.45) is 4.99 Å². The molecule has 0 fully saturated rings. The molecule has 2 aromatic rings. The summed E-state index contributed by atoms with van der Waals surface area (Å²) in [5, 5.41) is 0. The number of aliphatic imine (C=N–C) groups is 1. The molecule has 0 atom stereocenters. The van der Waals surface area contributed by atoms with Crippen LogP contribution in [0.2, 0.25) is 0 Å². The number of rotatable bonds is 4. The van der Waals surface area contributed by atoms with E-state index in [4.69, 9.17) is 0 Å². The fraction of sp³-hybridized carbons (Fsp3) is 0.211. The fourth-order valence-electron chi connectivity index (χ4n) is 2.09. The van der Waals surface area contributed by atoms with E-state index in [0.717, 1.165) is 16.8 Å². The number of nitrogens with zero attached hydrogens (tertiary/aromatic N) is 2. The van der Waals surface area contributed by atoms with Crippen LogP contribution < -0.4 is 4.90 Å². The Kier molecular flexibility index (Phi) is 4.94. The Morgan fingerprint density at radius 2 is 1.52 bits per heavy atom. The van der Waals surface area contributed by atoms with Gasteiger partial charge >= 0.3 is 0 Å². The first-order chi connectivity index (χ1) is 10.1. The molecular weight excluding hydrogens is 256 g/mol. The van der Waals surface area contributed by atoms with Crippen LogP contribution in [0.4, 0.5) is 5.69 Å². The summed E-state index contributed by atoms with van der Waals surface area (Å²) in [5.74, 6) is 0. The smallest absolute Gasteiger partial charge is 0.0688 e. The Bertz CT molecular complexity index is 631. The molecule has 2 heteroatoms. The lowest BCUT2D eigenvalue weighted by Gasteiger charge is -2.11. The van der Waals surface area contributed by atoms with Crippen LogP contribution in [0.1, 0.15) is 25.0 Å². The molecule has 0 aliphatic heterocycles. The van der Waals surface area contributed by atoms with Crippen LogP contribution in [0.3, 0.4) is 0 Å². The van der Waals surface area contributed by atoms with Gasteiger partial charge < -0.3 is 4.90 Å². The van der Waals surface area contributed by atoms with Crippen molar-refractivity contribution in [3.63, 3.8) is 0 Å². The summed E-state index contributed by atoms with van der Waals surface area (Å²) < 4.78 is 0. The molecule has 2 nitrogen and oxygen atoms in total. The van der Waals surface area contributed by atoms with Crippen LogP contribution in [0, 0.1) is 0 Å². The third kappa shape index (κ3) is 4.06. The first-order valence-corrected chi connectivity index (χ1v) is 7.12. The van der Waals surface area contributed by atoms with Crippen molar-refractivity contribution in [3.05, 3.63) is 71.3 Å². The Hall–Kier alpha value is -2.35. The maximum Gasteiger partial charge on any atom is 0.0688 e. The van der Waals surface area contributed by atoms with Crippen molar-refractivity contribution in [2.75, 3.05) is 19.0 Å². The summed E-state index contributed by atoms with van der Waals surface area (Å²) in [6.07, 6.45) is 1.93. The summed E-state index contributed by atoms with van der Waals surface area (Å²) in [7, 11) is 4.08. The van der Waals surface area contributed by atoms with Crippen molar-refractivity contribution in [3.8, 4) is 0 Å². The summed E-state index contributed by atoms with van der Waals surface area (Å²) in [5.41, 5.74) is 5.70. The fourth-order valence-corrected chi connectivity index (χ4v) is 2.09. The van der Waals surface area contributed by atoms with E-state index < -0.39 is 0 Å². The van der Waals surface area contributed by atoms with Crippen molar-refractivity contribution in [2.45, 2.75) is 13.8 Å². The molecule has 0 aromatic heterocycles. The minimum Gasteiger partial charge on any atom is -0.378 e. The quantitative estimate of drug-likeness (QED) is 0.745. The zero-order valence-electron chi connectivity index (χ0n) is 13.2. The van der Waals surface area contributed by atoms with E-state index in [9.17, 15) is 0 Å². The zero-order chi connectivity index (χ0) is 15.2. The molecule has 2 rings (SSSR count). The van der Waals surface area contributed by atoms with Gasteiger partial charge in [0, 0.05) is 31.6 Å². The van der Waals surface area contributed by atoms with E-state index in [1.54, 1.807) is 0 Å². The highest BCUT2D eigenvalue weighted by Gasteiger charge is 2.01. The van der Waals surface area contributed by atoms with Gasteiger partial charge in [-0.05, 0) is 31.5 Å². The third-order valence-corrected chi connectivity index (χ3v) is 3.27. The van der Waals surface area contributed by atoms with Crippen LogP contribution in [0.15, 0.2) is 65.2 Å². The SMILES string of the molecule is CC(C)=C(N=Cc1ccc(N(C)C)cc1)c1ccccc1. The summed E-state index contributed by atoms with van der Waals surface area (Å²) >= 11 is 0. The molecule has 0 unspecified atom stereocenters. The molecule has 0 aliphatic carbocycles. The molecule has 0 aliphatic rings. The van der Waals surface area contributed by atoms with Crippen molar-refractivity contribution in [1.82, 2.24) is 0 Å². The number of hydrogen-bond acceptors (Lipinski definition) is 2. The maximum atomic E-state index is 4.68. The monoisotopic (exact) mass is 278 g/mol. The maximum absolute atomic E-state index is 4.68. The molecule has 0 amide bonds. The van der Waals surface area contributed by atoms with Crippen molar-refractivity contribution in [1.29, 1.82) is 0 Å². The molecule has 0 spiro atoms. The van der Waals surface area contributed by atoms with E-state index in [2.05, 4.69) is 60.1 Å². The highest BCUT2D eigenvalue weighted by Crippen LogP contribution is 2.20. The molecule has 2 aromatic carbocycles. The summed E-state index contributed by atoms with van der Waals surface area (Å²) in [4.78, 5) is 6.77. The average molecular weight is 278 g/mol. The topological polar surface area (TPSA) is 15.6 Å². The van der Waals surface area contributed by atoms with Crippen LogP contribution in [-0.2, 0) is 0 Å². The van der Waals surface area contributed by atoms with E-state index in [-0.39, 0.29) is 0 Å². The number of anilines is 1.